The number of nitrogens with zero attached hydrogens (tertiary/aromatic N) is 2. The van der Waals surface area contributed by atoms with Crippen molar-refractivity contribution in [1.82, 2.24) is 0 Å². The Morgan fingerprint density at radius 2 is 1.38 bits per heavy atom. The number of ether oxygens (including phenoxy) is 3. The molecule has 0 aromatic heterocycles. The van der Waals surface area contributed by atoms with Crippen LogP contribution in [0.25, 0.3) is 0 Å². The van der Waals surface area contributed by atoms with Crippen molar-refractivity contribution in [1.29, 1.82) is 0 Å². The number of azo groups is 1. The van der Waals surface area contributed by atoms with Crippen LogP contribution in [0.5, 0.6) is 23.0 Å². The Balaban J connectivity index is 2.37. The largest absolute Gasteiger partial charge is 0.502 e. The van der Waals surface area contributed by atoms with Gasteiger partial charge in [0, 0.05) is 12.1 Å². The van der Waals surface area contributed by atoms with Crippen molar-refractivity contribution in [2.75, 3.05) is 21.3 Å². The second-order valence-corrected chi connectivity index (χ2v) is 4.07. The lowest BCUT2D eigenvalue weighted by molar-refractivity contribution is 0.340. The van der Waals surface area contributed by atoms with Crippen molar-refractivity contribution in [3.63, 3.8) is 0 Å². The fraction of sp³-hybridized carbons (Fsp3) is 0.200. The lowest BCUT2D eigenvalue weighted by atomic mass is 10.2. The Bertz CT molecular complexity index is 631. The molecule has 2 aromatic carbocycles. The molecule has 2 aromatic rings. The van der Waals surface area contributed by atoms with Gasteiger partial charge in [-0.2, -0.15) is 5.11 Å². The first-order valence-corrected chi connectivity index (χ1v) is 6.19. The van der Waals surface area contributed by atoms with Crippen molar-refractivity contribution in [3.05, 3.63) is 36.4 Å². The minimum atomic E-state index is -0.0729. The van der Waals surface area contributed by atoms with Crippen molar-refractivity contribution in [2.45, 2.75) is 0 Å². The van der Waals surface area contributed by atoms with E-state index in [0.29, 0.717) is 17.1 Å². The summed E-state index contributed by atoms with van der Waals surface area (Å²) >= 11 is 0. The zero-order chi connectivity index (χ0) is 15.2. The summed E-state index contributed by atoms with van der Waals surface area (Å²) < 4.78 is 15.3. The SMILES string of the molecule is COc1ccccc1N=Nc1cc(OC)c(O)c(OC)c1. The average molecular weight is 288 g/mol. The monoisotopic (exact) mass is 288 g/mol. The predicted molar refractivity (Wildman–Crippen MR) is 78.4 cm³/mol. The van der Waals surface area contributed by atoms with Crippen LogP contribution in [0.15, 0.2) is 46.6 Å². The highest BCUT2D eigenvalue weighted by molar-refractivity contribution is 5.60. The van der Waals surface area contributed by atoms with Gasteiger partial charge < -0.3 is 19.3 Å². The minimum Gasteiger partial charge on any atom is -0.502 e. The first-order valence-electron chi connectivity index (χ1n) is 6.19. The van der Waals surface area contributed by atoms with Gasteiger partial charge in [0.15, 0.2) is 11.5 Å². The Kier molecular flexibility index (Phi) is 4.61. The highest BCUT2D eigenvalue weighted by Crippen LogP contribution is 2.40. The highest BCUT2D eigenvalue weighted by atomic mass is 16.5. The molecule has 1 N–H and O–H groups in total. The van der Waals surface area contributed by atoms with E-state index in [-0.39, 0.29) is 17.2 Å². The van der Waals surface area contributed by atoms with Gasteiger partial charge in [0.1, 0.15) is 11.4 Å². The number of para-hydroxylation sites is 1. The molecule has 2 rings (SSSR count). The summed E-state index contributed by atoms with van der Waals surface area (Å²) in [6, 6.07) is 10.4. The summed E-state index contributed by atoms with van der Waals surface area (Å²) in [5, 5.41) is 18.1. The number of aromatic hydroxyl groups is 1. The Labute approximate surface area is 122 Å². The van der Waals surface area contributed by atoms with Crippen molar-refractivity contribution in [3.8, 4) is 23.0 Å². The van der Waals surface area contributed by atoms with Crippen LogP contribution in [0.1, 0.15) is 0 Å². The van der Waals surface area contributed by atoms with Gasteiger partial charge >= 0.3 is 0 Å². The molecular formula is C15H16N2O4. The molecule has 0 aliphatic rings. The number of phenolic OH excluding ortho intramolecular Hbond substituents is 1. The minimum absolute atomic E-state index is 0.0729. The normalized spacial score (nSPS) is 10.6. The molecule has 0 heterocycles. The molecule has 0 amide bonds. The van der Waals surface area contributed by atoms with E-state index in [2.05, 4.69) is 10.2 Å². The first kappa shape index (κ1) is 14.6. The van der Waals surface area contributed by atoms with Gasteiger partial charge in [0.05, 0.1) is 27.0 Å². The smallest absolute Gasteiger partial charge is 0.200 e. The summed E-state index contributed by atoms with van der Waals surface area (Å²) in [5.41, 5.74) is 1.10. The van der Waals surface area contributed by atoms with Crippen LogP contribution in [0, 0.1) is 0 Å². The number of rotatable bonds is 5. The number of benzene rings is 2. The fourth-order valence-corrected chi connectivity index (χ4v) is 1.76. The number of hydrogen-bond acceptors (Lipinski definition) is 6. The zero-order valence-electron chi connectivity index (χ0n) is 12.0. The molecule has 0 atom stereocenters. The fourth-order valence-electron chi connectivity index (χ4n) is 1.76. The summed E-state index contributed by atoms with van der Waals surface area (Å²) in [4.78, 5) is 0. The van der Waals surface area contributed by atoms with E-state index in [9.17, 15) is 5.11 Å². The number of phenols is 1. The van der Waals surface area contributed by atoms with Gasteiger partial charge in [-0.05, 0) is 12.1 Å². The lowest BCUT2D eigenvalue weighted by Crippen LogP contribution is -1.88. The molecule has 110 valence electrons. The van der Waals surface area contributed by atoms with Gasteiger partial charge in [-0.1, -0.05) is 12.1 Å². The zero-order valence-corrected chi connectivity index (χ0v) is 12.0. The molecule has 0 bridgehead atoms. The lowest BCUT2D eigenvalue weighted by Gasteiger charge is -2.08. The molecule has 0 unspecified atom stereocenters. The standard InChI is InChI=1S/C15H16N2O4/c1-19-12-7-5-4-6-11(12)17-16-10-8-13(20-2)15(18)14(9-10)21-3/h4-9,18H,1-3H3. The van der Waals surface area contributed by atoms with E-state index in [0.717, 1.165) is 0 Å². The Hall–Kier alpha value is -2.76. The van der Waals surface area contributed by atoms with E-state index in [1.54, 1.807) is 31.4 Å². The summed E-state index contributed by atoms with van der Waals surface area (Å²) in [5.74, 6) is 1.09. The average Bonchev–Trinajstić information content (AvgIpc) is 2.54. The maximum atomic E-state index is 9.84. The van der Waals surface area contributed by atoms with Crippen LogP contribution < -0.4 is 14.2 Å². The molecule has 0 aliphatic carbocycles. The van der Waals surface area contributed by atoms with Gasteiger partial charge in [0.2, 0.25) is 5.75 Å². The van der Waals surface area contributed by atoms with Crippen LogP contribution in [0.3, 0.4) is 0 Å². The van der Waals surface area contributed by atoms with E-state index in [1.807, 2.05) is 12.1 Å². The van der Waals surface area contributed by atoms with Crippen LogP contribution in [-0.2, 0) is 0 Å². The summed E-state index contributed by atoms with van der Waals surface area (Å²) in [7, 11) is 4.48. The summed E-state index contributed by atoms with van der Waals surface area (Å²) in [6.07, 6.45) is 0. The molecule has 0 aliphatic heterocycles. The topological polar surface area (TPSA) is 72.6 Å². The Morgan fingerprint density at radius 3 is 1.95 bits per heavy atom. The molecule has 6 nitrogen and oxygen atoms in total. The van der Waals surface area contributed by atoms with Crippen molar-refractivity contribution >= 4 is 11.4 Å². The Morgan fingerprint density at radius 1 is 0.810 bits per heavy atom. The maximum Gasteiger partial charge on any atom is 0.200 e. The first-order chi connectivity index (χ1) is 10.2. The third kappa shape index (κ3) is 3.22. The number of hydrogen-bond donors (Lipinski definition) is 1. The predicted octanol–water partition coefficient (Wildman–Crippen LogP) is 3.83. The van der Waals surface area contributed by atoms with Crippen LogP contribution in [-0.4, -0.2) is 26.4 Å². The van der Waals surface area contributed by atoms with Crippen LogP contribution in [0.2, 0.25) is 0 Å². The van der Waals surface area contributed by atoms with Gasteiger partial charge in [-0.25, -0.2) is 0 Å². The molecule has 0 saturated heterocycles. The quantitative estimate of drug-likeness (QED) is 0.848. The highest BCUT2D eigenvalue weighted by Gasteiger charge is 2.11. The molecule has 0 fully saturated rings. The molecule has 0 saturated carbocycles. The number of methoxy groups -OCH3 is 3. The second-order valence-electron chi connectivity index (χ2n) is 4.07. The van der Waals surface area contributed by atoms with Gasteiger partial charge in [-0.3, -0.25) is 0 Å². The van der Waals surface area contributed by atoms with Crippen molar-refractivity contribution < 1.29 is 19.3 Å². The van der Waals surface area contributed by atoms with Crippen molar-refractivity contribution in [2.24, 2.45) is 10.2 Å². The van der Waals surface area contributed by atoms with E-state index in [4.69, 9.17) is 14.2 Å². The van der Waals surface area contributed by atoms with Crippen LogP contribution in [0.4, 0.5) is 11.4 Å². The molecule has 0 radical (unpaired) electrons. The maximum absolute atomic E-state index is 9.84. The molecule has 0 spiro atoms. The molecule has 21 heavy (non-hydrogen) atoms. The third-order valence-electron chi connectivity index (χ3n) is 2.82. The van der Waals surface area contributed by atoms with E-state index < -0.39 is 0 Å². The third-order valence-corrected chi connectivity index (χ3v) is 2.82. The van der Waals surface area contributed by atoms with Gasteiger partial charge in [0.25, 0.3) is 0 Å². The summed E-state index contributed by atoms with van der Waals surface area (Å²) in [6.45, 7) is 0. The van der Waals surface area contributed by atoms with E-state index >= 15 is 0 Å². The molecular weight excluding hydrogens is 272 g/mol. The second kappa shape index (κ2) is 6.60. The van der Waals surface area contributed by atoms with E-state index in [1.165, 1.54) is 14.2 Å². The van der Waals surface area contributed by atoms with Crippen LogP contribution >= 0.6 is 0 Å². The molecule has 6 heteroatoms. The van der Waals surface area contributed by atoms with Gasteiger partial charge in [-0.15, -0.1) is 5.11 Å².